The van der Waals surface area contributed by atoms with Gasteiger partial charge in [0.2, 0.25) is 5.91 Å². The minimum atomic E-state index is -0.528. The number of benzene rings is 2. The minimum Gasteiger partial charge on any atom is -0.395 e. The van der Waals surface area contributed by atoms with Crippen molar-refractivity contribution in [3.05, 3.63) is 64.9 Å². The van der Waals surface area contributed by atoms with Crippen LogP contribution in [0.2, 0.25) is 5.02 Å². The van der Waals surface area contributed by atoms with Crippen LogP contribution < -0.4 is 5.32 Å². The molecule has 0 saturated carbocycles. The monoisotopic (exact) mass is 350 g/mol. The summed E-state index contributed by atoms with van der Waals surface area (Å²) in [6.07, 6.45) is 0.788. The number of hydrogen-bond acceptors (Lipinski definition) is 3. The molecule has 0 aliphatic carbocycles. The van der Waals surface area contributed by atoms with Crippen LogP contribution in [0.15, 0.2) is 48.5 Å². The third-order valence-electron chi connectivity index (χ3n) is 3.55. The molecular formula is C18H20ClFN2O2. The molecular weight excluding hydrogens is 331 g/mol. The van der Waals surface area contributed by atoms with E-state index in [0.29, 0.717) is 18.8 Å². The molecule has 2 aromatic carbocycles. The summed E-state index contributed by atoms with van der Waals surface area (Å²) >= 11 is 5.70. The minimum absolute atomic E-state index is 0.0234. The Bertz CT molecular complexity index is 667. The standard InChI is InChI=1S/C18H20ClFN2O2/c19-16-12-15(6-7-17(16)20)21-18(24)13-22(10-11-23)9-8-14-4-2-1-3-5-14/h1-7,12,23H,8-11,13H2,(H,21,24). The number of anilines is 1. The van der Waals surface area contributed by atoms with Crippen LogP contribution in [0, 0.1) is 5.82 Å². The third kappa shape index (κ3) is 5.92. The summed E-state index contributed by atoms with van der Waals surface area (Å²) in [5.74, 6) is -0.765. The molecule has 0 spiro atoms. The van der Waals surface area contributed by atoms with E-state index in [2.05, 4.69) is 5.32 Å². The van der Waals surface area contributed by atoms with E-state index in [9.17, 15) is 14.3 Å². The van der Waals surface area contributed by atoms with Crippen molar-refractivity contribution in [2.75, 3.05) is 31.6 Å². The SMILES string of the molecule is O=C(CN(CCO)CCc1ccccc1)Nc1ccc(F)c(Cl)c1. The Kier molecular flexibility index (Phi) is 7.18. The van der Waals surface area contributed by atoms with Gasteiger partial charge in [0.15, 0.2) is 0 Å². The first-order valence-electron chi connectivity index (χ1n) is 7.70. The fourth-order valence-electron chi connectivity index (χ4n) is 2.32. The molecule has 4 nitrogen and oxygen atoms in total. The lowest BCUT2D eigenvalue weighted by Crippen LogP contribution is -2.36. The molecule has 6 heteroatoms. The Labute approximate surface area is 145 Å². The van der Waals surface area contributed by atoms with Gasteiger partial charge in [-0.3, -0.25) is 9.69 Å². The summed E-state index contributed by atoms with van der Waals surface area (Å²) in [6, 6.07) is 14.0. The normalized spacial score (nSPS) is 10.8. The van der Waals surface area contributed by atoms with Crippen LogP contribution in [-0.4, -0.2) is 42.2 Å². The van der Waals surface area contributed by atoms with Crippen LogP contribution in [0.5, 0.6) is 0 Å². The predicted molar refractivity (Wildman–Crippen MR) is 93.7 cm³/mol. The van der Waals surface area contributed by atoms with E-state index in [4.69, 9.17) is 11.6 Å². The van der Waals surface area contributed by atoms with Gasteiger partial charge < -0.3 is 10.4 Å². The van der Waals surface area contributed by atoms with Crippen LogP contribution in [0.25, 0.3) is 0 Å². The quantitative estimate of drug-likeness (QED) is 0.769. The van der Waals surface area contributed by atoms with Gasteiger partial charge in [0, 0.05) is 18.8 Å². The van der Waals surface area contributed by atoms with Crippen LogP contribution in [0.4, 0.5) is 10.1 Å². The highest BCUT2D eigenvalue weighted by molar-refractivity contribution is 6.31. The van der Waals surface area contributed by atoms with Crippen molar-refractivity contribution in [2.45, 2.75) is 6.42 Å². The van der Waals surface area contributed by atoms with Crippen molar-refractivity contribution >= 4 is 23.2 Å². The molecule has 0 fully saturated rings. The number of halogens is 2. The third-order valence-corrected chi connectivity index (χ3v) is 3.84. The molecule has 0 atom stereocenters. The van der Waals surface area contributed by atoms with E-state index < -0.39 is 5.82 Å². The first-order valence-corrected chi connectivity index (χ1v) is 8.08. The number of amides is 1. The van der Waals surface area contributed by atoms with E-state index in [1.165, 1.54) is 23.8 Å². The topological polar surface area (TPSA) is 52.6 Å². The first-order chi connectivity index (χ1) is 11.6. The second kappa shape index (κ2) is 9.37. The van der Waals surface area contributed by atoms with Crippen LogP contribution >= 0.6 is 11.6 Å². The predicted octanol–water partition coefficient (Wildman–Crippen LogP) is 2.95. The Morgan fingerprint density at radius 3 is 2.58 bits per heavy atom. The average molecular weight is 351 g/mol. The largest absolute Gasteiger partial charge is 0.395 e. The average Bonchev–Trinajstić information content (AvgIpc) is 2.57. The highest BCUT2D eigenvalue weighted by atomic mass is 35.5. The molecule has 2 rings (SSSR count). The molecule has 0 aliphatic rings. The Morgan fingerprint density at radius 1 is 1.17 bits per heavy atom. The zero-order valence-corrected chi connectivity index (χ0v) is 14.0. The summed E-state index contributed by atoms with van der Waals surface area (Å²) in [4.78, 5) is 14.0. The zero-order chi connectivity index (χ0) is 17.4. The van der Waals surface area contributed by atoms with Crippen molar-refractivity contribution in [3.8, 4) is 0 Å². The maximum absolute atomic E-state index is 13.1. The van der Waals surface area contributed by atoms with Crippen molar-refractivity contribution in [1.82, 2.24) is 4.90 Å². The smallest absolute Gasteiger partial charge is 0.238 e. The molecule has 2 N–H and O–H groups in total. The van der Waals surface area contributed by atoms with Crippen LogP contribution in [-0.2, 0) is 11.2 Å². The van der Waals surface area contributed by atoms with Gasteiger partial charge in [-0.1, -0.05) is 41.9 Å². The van der Waals surface area contributed by atoms with Gasteiger partial charge >= 0.3 is 0 Å². The van der Waals surface area contributed by atoms with E-state index in [-0.39, 0.29) is 24.1 Å². The van der Waals surface area contributed by atoms with Gasteiger partial charge in [-0.25, -0.2) is 4.39 Å². The molecule has 0 bridgehead atoms. The summed E-state index contributed by atoms with van der Waals surface area (Å²) in [7, 11) is 0. The molecule has 0 saturated heterocycles. The van der Waals surface area contributed by atoms with E-state index >= 15 is 0 Å². The molecule has 24 heavy (non-hydrogen) atoms. The summed E-state index contributed by atoms with van der Waals surface area (Å²) in [6.45, 7) is 1.18. The second-order valence-electron chi connectivity index (χ2n) is 5.41. The maximum Gasteiger partial charge on any atom is 0.238 e. The first kappa shape index (κ1) is 18.4. The van der Waals surface area contributed by atoms with E-state index in [0.717, 1.165) is 6.42 Å². The van der Waals surface area contributed by atoms with Gasteiger partial charge in [-0.2, -0.15) is 0 Å². The van der Waals surface area contributed by atoms with Crippen molar-refractivity contribution < 1.29 is 14.3 Å². The van der Waals surface area contributed by atoms with Gasteiger partial charge in [-0.15, -0.1) is 0 Å². The number of hydrogen-bond donors (Lipinski definition) is 2. The number of aliphatic hydroxyl groups is 1. The number of rotatable bonds is 8. The molecule has 2 aromatic rings. The van der Waals surface area contributed by atoms with Gasteiger partial charge in [0.1, 0.15) is 5.82 Å². The molecule has 0 unspecified atom stereocenters. The number of aliphatic hydroxyl groups excluding tert-OH is 1. The Hall–Kier alpha value is -1.95. The van der Waals surface area contributed by atoms with Crippen LogP contribution in [0.1, 0.15) is 5.56 Å². The molecule has 128 valence electrons. The summed E-state index contributed by atoms with van der Waals surface area (Å²) in [5.41, 5.74) is 1.62. The fourth-order valence-corrected chi connectivity index (χ4v) is 2.50. The van der Waals surface area contributed by atoms with Crippen LogP contribution in [0.3, 0.4) is 0 Å². The fraction of sp³-hybridized carbons (Fsp3) is 0.278. The van der Waals surface area contributed by atoms with Gasteiger partial charge in [0.05, 0.1) is 18.2 Å². The number of nitrogens with zero attached hydrogens (tertiary/aromatic N) is 1. The number of nitrogens with one attached hydrogen (secondary N) is 1. The highest BCUT2D eigenvalue weighted by Gasteiger charge is 2.11. The molecule has 0 aromatic heterocycles. The van der Waals surface area contributed by atoms with E-state index in [1.807, 2.05) is 35.2 Å². The molecule has 0 radical (unpaired) electrons. The number of carbonyl (C=O) groups is 1. The van der Waals surface area contributed by atoms with Crippen molar-refractivity contribution in [3.63, 3.8) is 0 Å². The summed E-state index contributed by atoms with van der Waals surface area (Å²) < 4.78 is 13.1. The molecule has 0 heterocycles. The number of carbonyl (C=O) groups excluding carboxylic acids is 1. The Balaban J connectivity index is 1.88. The Morgan fingerprint density at radius 2 is 1.92 bits per heavy atom. The molecule has 1 amide bonds. The second-order valence-corrected chi connectivity index (χ2v) is 5.82. The lowest BCUT2D eigenvalue weighted by molar-refractivity contribution is -0.117. The van der Waals surface area contributed by atoms with Gasteiger partial charge in [0.25, 0.3) is 0 Å². The molecule has 0 aliphatic heterocycles. The van der Waals surface area contributed by atoms with Crippen molar-refractivity contribution in [2.24, 2.45) is 0 Å². The lowest BCUT2D eigenvalue weighted by Gasteiger charge is -2.20. The van der Waals surface area contributed by atoms with Gasteiger partial charge in [-0.05, 0) is 30.2 Å². The van der Waals surface area contributed by atoms with E-state index in [1.54, 1.807) is 0 Å². The maximum atomic E-state index is 13.1. The highest BCUT2D eigenvalue weighted by Crippen LogP contribution is 2.19. The zero-order valence-electron chi connectivity index (χ0n) is 13.2. The summed E-state index contributed by atoms with van der Waals surface area (Å²) in [5, 5.41) is 11.8. The lowest BCUT2D eigenvalue weighted by atomic mass is 10.1. The van der Waals surface area contributed by atoms with Crippen molar-refractivity contribution in [1.29, 1.82) is 0 Å².